The number of ether oxygens (including phenoxy) is 1. The monoisotopic (exact) mass is 512 g/mol. The number of ketones is 1. The van der Waals surface area contributed by atoms with Gasteiger partial charge in [-0.25, -0.2) is 0 Å². The molecule has 0 aliphatic carbocycles. The summed E-state index contributed by atoms with van der Waals surface area (Å²) in [5.74, 6) is -0.661. The average molecular weight is 513 g/mol. The molecule has 36 heavy (non-hydrogen) atoms. The van der Waals surface area contributed by atoms with E-state index in [0.29, 0.717) is 35.4 Å². The summed E-state index contributed by atoms with van der Waals surface area (Å²) in [6.07, 6.45) is 0.726. The molecule has 3 rings (SSSR count). The second-order valence-electron chi connectivity index (χ2n) is 9.27. The van der Waals surface area contributed by atoms with E-state index in [2.05, 4.69) is 32.6 Å². The van der Waals surface area contributed by atoms with Crippen LogP contribution in [0, 0.1) is 0 Å². The van der Waals surface area contributed by atoms with Gasteiger partial charge in [-0.05, 0) is 68.2 Å². The Labute approximate surface area is 219 Å². The fourth-order valence-electron chi connectivity index (χ4n) is 4.60. The number of carbonyl (C=O) groups is 2. The fourth-order valence-corrected chi connectivity index (χ4v) is 4.84. The maximum Gasteiger partial charge on any atom is 0.295 e. The SMILES string of the molecule is CCOc1ccc(C(O)=C2C(=O)C(=O)N(CCCN(CC)CC)[C@@H]2c2ccc(C(C)C)cc2)cc1Cl. The number of rotatable bonds is 11. The van der Waals surface area contributed by atoms with E-state index in [4.69, 9.17) is 16.3 Å². The number of nitrogens with zero attached hydrogens (tertiary/aromatic N) is 2. The second-order valence-corrected chi connectivity index (χ2v) is 9.68. The van der Waals surface area contributed by atoms with E-state index in [1.54, 1.807) is 23.1 Å². The third kappa shape index (κ3) is 5.93. The molecule has 0 saturated carbocycles. The van der Waals surface area contributed by atoms with E-state index in [1.807, 2.05) is 31.2 Å². The summed E-state index contributed by atoms with van der Waals surface area (Å²) in [7, 11) is 0. The molecule has 1 N–H and O–H groups in total. The smallest absolute Gasteiger partial charge is 0.295 e. The highest BCUT2D eigenvalue weighted by Crippen LogP contribution is 2.40. The highest BCUT2D eigenvalue weighted by molar-refractivity contribution is 6.46. The number of likely N-dealkylation sites (tertiary alicyclic amines) is 1. The van der Waals surface area contributed by atoms with E-state index in [-0.39, 0.29) is 11.3 Å². The lowest BCUT2D eigenvalue weighted by Gasteiger charge is -2.27. The Kier molecular flexibility index (Phi) is 9.57. The first-order valence-corrected chi connectivity index (χ1v) is 13.1. The van der Waals surface area contributed by atoms with E-state index >= 15 is 0 Å². The first kappa shape index (κ1) is 27.8. The molecule has 1 fully saturated rings. The van der Waals surface area contributed by atoms with Crippen LogP contribution >= 0.6 is 11.6 Å². The van der Waals surface area contributed by atoms with E-state index in [9.17, 15) is 14.7 Å². The van der Waals surface area contributed by atoms with Gasteiger partial charge in [0.2, 0.25) is 0 Å². The zero-order chi connectivity index (χ0) is 26.4. The van der Waals surface area contributed by atoms with Crippen molar-refractivity contribution in [2.45, 2.75) is 53.0 Å². The normalized spacial score (nSPS) is 17.4. The topological polar surface area (TPSA) is 70.1 Å². The van der Waals surface area contributed by atoms with E-state index in [0.717, 1.165) is 37.2 Å². The van der Waals surface area contributed by atoms with Gasteiger partial charge in [0.05, 0.1) is 23.2 Å². The zero-order valence-electron chi connectivity index (χ0n) is 21.9. The Bertz CT molecular complexity index is 1110. The van der Waals surface area contributed by atoms with Crippen molar-refractivity contribution in [1.29, 1.82) is 0 Å². The van der Waals surface area contributed by atoms with Gasteiger partial charge in [0, 0.05) is 12.1 Å². The minimum absolute atomic E-state index is 0.0837. The van der Waals surface area contributed by atoms with Crippen molar-refractivity contribution in [3.8, 4) is 5.75 Å². The summed E-state index contributed by atoms with van der Waals surface area (Å²) in [6.45, 7) is 13.8. The molecule has 7 heteroatoms. The molecule has 0 aromatic heterocycles. The van der Waals surface area contributed by atoms with Crippen molar-refractivity contribution in [3.63, 3.8) is 0 Å². The summed E-state index contributed by atoms with van der Waals surface area (Å²) in [6, 6.07) is 12.1. The molecular formula is C29H37ClN2O4. The molecule has 1 heterocycles. The van der Waals surface area contributed by atoms with Gasteiger partial charge in [-0.3, -0.25) is 9.59 Å². The van der Waals surface area contributed by atoms with Gasteiger partial charge >= 0.3 is 0 Å². The number of Topliss-reactive ketones (excluding diaryl/α,β-unsaturated/α-hetero) is 1. The van der Waals surface area contributed by atoms with Gasteiger partial charge in [0.25, 0.3) is 11.7 Å². The molecule has 1 atom stereocenters. The van der Waals surface area contributed by atoms with Crippen molar-refractivity contribution in [3.05, 3.63) is 69.8 Å². The number of hydrogen-bond acceptors (Lipinski definition) is 5. The van der Waals surface area contributed by atoms with Gasteiger partial charge in [-0.2, -0.15) is 0 Å². The Hall–Kier alpha value is -2.83. The number of aliphatic hydroxyl groups is 1. The fraction of sp³-hybridized carbons (Fsp3) is 0.448. The summed E-state index contributed by atoms with van der Waals surface area (Å²) < 4.78 is 5.49. The summed E-state index contributed by atoms with van der Waals surface area (Å²) >= 11 is 6.35. The van der Waals surface area contributed by atoms with Crippen LogP contribution in [0.5, 0.6) is 5.75 Å². The van der Waals surface area contributed by atoms with Crippen LogP contribution in [0.3, 0.4) is 0 Å². The molecule has 1 amide bonds. The minimum atomic E-state index is -0.682. The predicted molar refractivity (Wildman–Crippen MR) is 145 cm³/mol. The third-order valence-corrected chi connectivity index (χ3v) is 7.03. The lowest BCUT2D eigenvalue weighted by Crippen LogP contribution is -2.33. The average Bonchev–Trinajstić information content (AvgIpc) is 3.12. The summed E-state index contributed by atoms with van der Waals surface area (Å²) in [5, 5.41) is 11.6. The number of amides is 1. The van der Waals surface area contributed by atoms with Crippen LogP contribution in [-0.2, 0) is 9.59 Å². The zero-order valence-corrected chi connectivity index (χ0v) is 22.6. The maximum absolute atomic E-state index is 13.3. The highest BCUT2D eigenvalue weighted by atomic mass is 35.5. The molecular weight excluding hydrogens is 476 g/mol. The minimum Gasteiger partial charge on any atom is -0.507 e. The largest absolute Gasteiger partial charge is 0.507 e. The molecule has 2 aromatic rings. The number of carbonyl (C=O) groups excluding carboxylic acids is 2. The van der Waals surface area contributed by atoms with Gasteiger partial charge in [-0.1, -0.05) is 63.6 Å². The quantitative estimate of drug-likeness (QED) is 0.226. The lowest BCUT2D eigenvalue weighted by molar-refractivity contribution is -0.140. The van der Waals surface area contributed by atoms with Crippen LogP contribution in [0.4, 0.5) is 0 Å². The molecule has 1 aliphatic rings. The van der Waals surface area contributed by atoms with Crippen LogP contribution in [0.2, 0.25) is 5.02 Å². The van der Waals surface area contributed by atoms with Gasteiger partial charge < -0.3 is 19.6 Å². The Morgan fingerprint density at radius 3 is 2.31 bits per heavy atom. The van der Waals surface area contributed by atoms with E-state index in [1.165, 1.54) is 0 Å². The molecule has 2 aromatic carbocycles. The lowest BCUT2D eigenvalue weighted by atomic mass is 9.93. The Morgan fingerprint density at radius 2 is 1.75 bits per heavy atom. The summed E-state index contributed by atoms with van der Waals surface area (Å²) in [5.41, 5.74) is 2.41. The maximum atomic E-state index is 13.3. The van der Waals surface area contributed by atoms with Crippen molar-refractivity contribution in [1.82, 2.24) is 9.80 Å². The van der Waals surface area contributed by atoms with Crippen molar-refractivity contribution < 1.29 is 19.4 Å². The molecule has 0 radical (unpaired) electrons. The van der Waals surface area contributed by atoms with Crippen molar-refractivity contribution in [2.24, 2.45) is 0 Å². The predicted octanol–water partition coefficient (Wildman–Crippen LogP) is 6.02. The molecule has 194 valence electrons. The van der Waals surface area contributed by atoms with Crippen LogP contribution in [0.1, 0.15) is 69.7 Å². The van der Waals surface area contributed by atoms with Crippen LogP contribution in [0.15, 0.2) is 48.0 Å². The number of benzene rings is 2. The van der Waals surface area contributed by atoms with Gasteiger partial charge in [0.15, 0.2) is 0 Å². The van der Waals surface area contributed by atoms with Gasteiger partial charge in [0.1, 0.15) is 11.5 Å². The Morgan fingerprint density at radius 1 is 1.08 bits per heavy atom. The summed E-state index contributed by atoms with van der Waals surface area (Å²) in [4.78, 5) is 30.4. The molecule has 1 aliphatic heterocycles. The van der Waals surface area contributed by atoms with E-state index < -0.39 is 17.7 Å². The molecule has 1 saturated heterocycles. The highest BCUT2D eigenvalue weighted by Gasteiger charge is 2.45. The third-order valence-electron chi connectivity index (χ3n) is 6.73. The van der Waals surface area contributed by atoms with Crippen LogP contribution in [-0.4, -0.2) is 59.4 Å². The molecule has 0 unspecified atom stereocenters. The standard InChI is InChI=1S/C29H37ClN2O4/c1-6-31(7-2)16-9-17-32-26(21-12-10-20(11-13-21)19(4)5)25(28(34)29(32)35)27(33)22-14-15-24(36-8-3)23(30)18-22/h10-15,18-19,26,33H,6-9,16-17H2,1-5H3/t26-/m1/s1. The van der Waals surface area contributed by atoms with Crippen molar-refractivity contribution in [2.75, 3.05) is 32.8 Å². The van der Waals surface area contributed by atoms with Gasteiger partial charge in [-0.15, -0.1) is 0 Å². The van der Waals surface area contributed by atoms with Crippen LogP contribution in [0.25, 0.3) is 5.76 Å². The first-order chi connectivity index (χ1) is 17.2. The molecule has 6 nitrogen and oxygen atoms in total. The number of halogens is 1. The Balaban J connectivity index is 2.05. The second kappa shape index (κ2) is 12.4. The molecule has 0 bridgehead atoms. The van der Waals surface area contributed by atoms with Crippen LogP contribution < -0.4 is 4.74 Å². The number of aliphatic hydroxyl groups excluding tert-OH is 1. The first-order valence-electron chi connectivity index (χ1n) is 12.8. The van der Waals surface area contributed by atoms with Crippen molar-refractivity contribution >= 4 is 29.1 Å². The molecule has 0 spiro atoms. The number of hydrogen-bond donors (Lipinski definition) is 1.